The zero-order valence-corrected chi connectivity index (χ0v) is 12.7. The van der Waals surface area contributed by atoms with Crippen molar-refractivity contribution >= 4 is 5.91 Å². The maximum atomic E-state index is 12.2. The van der Waals surface area contributed by atoms with Gasteiger partial charge < -0.3 is 15.4 Å². The van der Waals surface area contributed by atoms with Gasteiger partial charge in [0.1, 0.15) is 0 Å². The number of ether oxygens (including phenoxy) is 1. The van der Waals surface area contributed by atoms with E-state index >= 15 is 0 Å². The highest BCUT2D eigenvalue weighted by Gasteiger charge is 2.28. The van der Waals surface area contributed by atoms with Crippen molar-refractivity contribution in [1.82, 2.24) is 9.80 Å². The summed E-state index contributed by atoms with van der Waals surface area (Å²) in [5, 5.41) is 0. The Bertz CT molecular complexity index is 297. The summed E-state index contributed by atoms with van der Waals surface area (Å²) in [5.74, 6) is 0.959. The molecule has 0 aromatic rings. The van der Waals surface area contributed by atoms with E-state index in [9.17, 15) is 4.79 Å². The smallest absolute Gasteiger partial charge is 0.224 e. The Kier molecular flexibility index (Phi) is 6.26. The van der Waals surface area contributed by atoms with E-state index in [1.54, 1.807) is 7.11 Å². The summed E-state index contributed by atoms with van der Waals surface area (Å²) < 4.78 is 5.23. The molecule has 0 spiro atoms. The molecule has 0 aliphatic carbocycles. The van der Waals surface area contributed by atoms with Gasteiger partial charge in [0.15, 0.2) is 0 Å². The summed E-state index contributed by atoms with van der Waals surface area (Å²) in [5.41, 5.74) is 5.91. The van der Waals surface area contributed by atoms with Gasteiger partial charge in [0.2, 0.25) is 5.91 Å². The molecule has 5 nitrogen and oxygen atoms in total. The predicted molar refractivity (Wildman–Crippen MR) is 79.4 cm³/mol. The Balaban J connectivity index is 1.78. The third-order valence-corrected chi connectivity index (χ3v) is 4.71. The third kappa shape index (κ3) is 4.17. The van der Waals surface area contributed by atoms with Crippen LogP contribution in [0.25, 0.3) is 0 Å². The molecule has 2 heterocycles. The lowest BCUT2D eigenvalue weighted by Gasteiger charge is -2.37. The molecule has 0 radical (unpaired) electrons. The van der Waals surface area contributed by atoms with Gasteiger partial charge in [-0.1, -0.05) is 0 Å². The standard InChI is InChI=1S/C15H29N3O2/c1-20-12-13-4-8-17(9-5-13)14(11-16)10-15(19)18-6-2-3-7-18/h13-14H,2-12,16H2,1H3. The zero-order chi connectivity index (χ0) is 14.4. The number of hydrogen-bond donors (Lipinski definition) is 1. The molecule has 2 aliphatic heterocycles. The fourth-order valence-corrected chi connectivity index (χ4v) is 3.38. The van der Waals surface area contributed by atoms with Gasteiger partial charge >= 0.3 is 0 Å². The fraction of sp³-hybridized carbons (Fsp3) is 0.933. The van der Waals surface area contributed by atoms with E-state index in [0.717, 1.165) is 58.5 Å². The van der Waals surface area contributed by atoms with Crippen LogP contribution in [-0.2, 0) is 9.53 Å². The molecule has 20 heavy (non-hydrogen) atoms. The molecule has 2 N–H and O–H groups in total. The van der Waals surface area contributed by atoms with Gasteiger partial charge in [-0.05, 0) is 44.7 Å². The average molecular weight is 283 g/mol. The number of nitrogens with two attached hydrogens (primary N) is 1. The Morgan fingerprint density at radius 3 is 2.45 bits per heavy atom. The van der Waals surface area contributed by atoms with Crippen LogP contribution in [0.2, 0.25) is 0 Å². The van der Waals surface area contributed by atoms with Crippen LogP contribution in [-0.4, -0.2) is 68.2 Å². The number of piperidine rings is 1. The first kappa shape index (κ1) is 15.7. The van der Waals surface area contributed by atoms with Gasteiger partial charge in [-0.25, -0.2) is 0 Å². The van der Waals surface area contributed by atoms with Crippen LogP contribution in [0, 0.1) is 5.92 Å². The number of carbonyl (C=O) groups is 1. The van der Waals surface area contributed by atoms with E-state index in [4.69, 9.17) is 10.5 Å². The molecule has 0 aromatic carbocycles. The number of nitrogens with zero attached hydrogens (tertiary/aromatic N) is 2. The van der Waals surface area contributed by atoms with Crippen molar-refractivity contribution in [2.24, 2.45) is 11.7 Å². The van der Waals surface area contributed by atoms with Gasteiger partial charge in [-0.15, -0.1) is 0 Å². The van der Waals surface area contributed by atoms with E-state index in [1.165, 1.54) is 0 Å². The third-order valence-electron chi connectivity index (χ3n) is 4.71. The van der Waals surface area contributed by atoms with Gasteiger partial charge in [0.25, 0.3) is 0 Å². The first-order valence-corrected chi connectivity index (χ1v) is 7.95. The number of methoxy groups -OCH3 is 1. The number of likely N-dealkylation sites (tertiary alicyclic amines) is 2. The first-order chi connectivity index (χ1) is 9.74. The second kappa shape index (κ2) is 7.96. The summed E-state index contributed by atoms with van der Waals surface area (Å²) in [6.07, 6.45) is 5.21. The number of hydrogen-bond acceptors (Lipinski definition) is 4. The summed E-state index contributed by atoms with van der Waals surface area (Å²) in [7, 11) is 1.77. The molecule has 0 bridgehead atoms. The van der Waals surface area contributed by atoms with Crippen LogP contribution in [0.4, 0.5) is 0 Å². The monoisotopic (exact) mass is 283 g/mol. The van der Waals surface area contributed by atoms with Crippen LogP contribution in [0.3, 0.4) is 0 Å². The molecular weight excluding hydrogens is 254 g/mol. The zero-order valence-electron chi connectivity index (χ0n) is 12.7. The van der Waals surface area contributed by atoms with Crippen molar-refractivity contribution in [2.45, 2.75) is 38.1 Å². The minimum absolute atomic E-state index is 0.214. The van der Waals surface area contributed by atoms with Crippen LogP contribution < -0.4 is 5.73 Å². The number of amides is 1. The lowest BCUT2D eigenvalue weighted by atomic mass is 9.96. The van der Waals surface area contributed by atoms with Crippen molar-refractivity contribution in [3.8, 4) is 0 Å². The van der Waals surface area contributed by atoms with Crippen molar-refractivity contribution in [3.63, 3.8) is 0 Å². The van der Waals surface area contributed by atoms with Crippen molar-refractivity contribution in [2.75, 3.05) is 46.4 Å². The van der Waals surface area contributed by atoms with E-state index in [-0.39, 0.29) is 11.9 Å². The van der Waals surface area contributed by atoms with E-state index < -0.39 is 0 Å². The number of carbonyl (C=O) groups excluding carboxylic acids is 1. The molecule has 1 unspecified atom stereocenters. The summed E-state index contributed by atoms with van der Waals surface area (Å²) >= 11 is 0. The van der Waals surface area contributed by atoms with Gasteiger partial charge in [-0.3, -0.25) is 9.69 Å². The Labute approximate surface area is 122 Å². The normalized spacial score (nSPS) is 23.2. The molecule has 116 valence electrons. The highest BCUT2D eigenvalue weighted by molar-refractivity contribution is 5.77. The van der Waals surface area contributed by atoms with E-state index in [0.29, 0.717) is 18.9 Å². The Morgan fingerprint density at radius 2 is 1.90 bits per heavy atom. The van der Waals surface area contributed by atoms with Crippen molar-refractivity contribution in [3.05, 3.63) is 0 Å². The van der Waals surface area contributed by atoms with Gasteiger partial charge in [0, 0.05) is 45.8 Å². The van der Waals surface area contributed by atoms with Crippen LogP contribution in [0.5, 0.6) is 0 Å². The van der Waals surface area contributed by atoms with Gasteiger partial charge in [-0.2, -0.15) is 0 Å². The largest absolute Gasteiger partial charge is 0.384 e. The Hall–Kier alpha value is -0.650. The minimum Gasteiger partial charge on any atom is -0.384 e. The molecule has 2 aliphatic rings. The molecule has 1 amide bonds. The SMILES string of the molecule is COCC1CCN(C(CN)CC(=O)N2CCCC2)CC1. The quantitative estimate of drug-likeness (QED) is 0.779. The minimum atomic E-state index is 0.214. The highest BCUT2D eigenvalue weighted by atomic mass is 16.5. The Morgan fingerprint density at radius 1 is 1.25 bits per heavy atom. The molecule has 5 heteroatoms. The fourth-order valence-electron chi connectivity index (χ4n) is 3.38. The van der Waals surface area contributed by atoms with E-state index in [1.807, 2.05) is 4.90 Å². The maximum Gasteiger partial charge on any atom is 0.224 e. The molecule has 2 saturated heterocycles. The molecular formula is C15H29N3O2. The predicted octanol–water partition coefficient (Wildman–Crippen LogP) is 0.685. The second-order valence-electron chi connectivity index (χ2n) is 6.12. The molecule has 2 fully saturated rings. The first-order valence-electron chi connectivity index (χ1n) is 7.95. The molecule has 0 saturated carbocycles. The summed E-state index contributed by atoms with van der Waals surface area (Å²) in [4.78, 5) is 16.7. The second-order valence-corrected chi connectivity index (χ2v) is 6.12. The summed E-state index contributed by atoms with van der Waals surface area (Å²) in [6, 6.07) is 0.214. The van der Waals surface area contributed by atoms with Crippen molar-refractivity contribution < 1.29 is 9.53 Å². The van der Waals surface area contributed by atoms with Crippen molar-refractivity contribution in [1.29, 1.82) is 0 Å². The summed E-state index contributed by atoms with van der Waals surface area (Å²) in [6.45, 7) is 5.40. The molecule has 0 aromatic heterocycles. The lowest BCUT2D eigenvalue weighted by Crippen LogP contribution is -2.48. The highest BCUT2D eigenvalue weighted by Crippen LogP contribution is 2.21. The molecule has 1 atom stereocenters. The molecule has 2 rings (SSSR count). The van der Waals surface area contributed by atoms with Crippen LogP contribution in [0.15, 0.2) is 0 Å². The van der Waals surface area contributed by atoms with Crippen LogP contribution >= 0.6 is 0 Å². The van der Waals surface area contributed by atoms with Gasteiger partial charge in [0.05, 0.1) is 0 Å². The number of rotatable bonds is 6. The lowest BCUT2D eigenvalue weighted by molar-refractivity contribution is -0.131. The van der Waals surface area contributed by atoms with Crippen LogP contribution in [0.1, 0.15) is 32.1 Å². The van der Waals surface area contributed by atoms with E-state index in [2.05, 4.69) is 4.90 Å². The maximum absolute atomic E-state index is 12.2. The topological polar surface area (TPSA) is 58.8 Å². The average Bonchev–Trinajstić information content (AvgIpc) is 3.00.